The molecule has 0 amide bonds. The summed E-state index contributed by atoms with van der Waals surface area (Å²) in [5.41, 5.74) is 9.77. The minimum absolute atomic E-state index is 0.375. The maximum atomic E-state index is 5.75. The molecule has 1 heterocycles. The Kier molecular flexibility index (Phi) is 2.00. The van der Waals surface area contributed by atoms with Crippen molar-refractivity contribution in [2.75, 3.05) is 18.0 Å². The zero-order valence-electron chi connectivity index (χ0n) is 8.25. The molecule has 0 atom stereocenters. The van der Waals surface area contributed by atoms with E-state index in [0.717, 1.165) is 13.1 Å². The number of anilines is 1. The molecule has 1 aromatic rings. The summed E-state index contributed by atoms with van der Waals surface area (Å²) in [5.74, 6) is 0. The third-order valence-electron chi connectivity index (χ3n) is 2.62. The number of nitrogens with two attached hydrogens (primary N) is 1. The van der Waals surface area contributed by atoms with Gasteiger partial charge in [-0.1, -0.05) is 12.1 Å². The molecule has 0 saturated carbocycles. The first-order valence-electron chi connectivity index (χ1n) is 4.74. The summed E-state index contributed by atoms with van der Waals surface area (Å²) in [5, 5.41) is 0. The number of aryl methyl sites for hydroxylation is 2. The highest BCUT2D eigenvalue weighted by Gasteiger charge is 2.23. The highest BCUT2D eigenvalue weighted by atomic mass is 15.2. The Morgan fingerprint density at radius 2 is 2.00 bits per heavy atom. The van der Waals surface area contributed by atoms with Gasteiger partial charge in [0.25, 0.3) is 0 Å². The van der Waals surface area contributed by atoms with Gasteiger partial charge in [0.2, 0.25) is 0 Å². The van der Waals surface area contributed by atoms with Crippen molar-refractivity contribution in [1.29, 1.82) is 0 Å². The average Bonchev–Trinajstić information content (AvgIpc) is 2.04. The Bertz CT molecular complexity index is 314. The van der Waals surface area contributed by atoms with Gasteiger partial charge in [-0.25, -0.2) is 0 Å². The van der Waals surface area contributed by atoms with E-state index in [-0.39, 0.29) is 0 Å². The highest BCUT2D eigenvalue weighted by Crippen LogP contribution is 2.25. The fourth-order valence-corrected chi connectivity index (χ4v) is 1.77. The molecule has 2 rings (SSSR count). The molecule has 0 aliphatic carbocycles. The van der Waals surface area contributed by atoms with Crippen LogP contribution in [0.15, 0.2) is 18.2 Å². The van der Waals surface area contributed by atoms with E-state index in [9.17, 15) is 0 Å². The summed E-state index contributed by atoms with van der Waals surface area (Å²) in [6.45, 7) is 6.29. The van der Waals surface area contributed by atoms with Crippen molar-refractivity contribution in [2.45, 2.75) is 19.9 Å². The van der Waals surface area contributed by atoms with Gasteiger partial charge in [-0.2, -0.15) is 0 Å². The van der Waals surface area contributed by atoms with Crippen LogP contribution < -0.4 is 10.6 Å². The van der Waals surface area contributed by atoms with Crippen LogP contribution in [-0.2, 0) is 0 Å². The third kappa shape index (κ3) is 1.54. The Morgan fingerprint density at radius 1 is 1.31 bits per heavy atom. The van der Waals surface area contributed by atoms with Crippen LogP contribution in [0.3, 0.4) is 0 Å². The van der Waals surface area contributed by atoms with Crippen molar-refractivity contribution >= 4 is 5.69 Å². The first-order valence-corrected chi connectivity index (χ1v) is 4.74. The molecule has 0 unspecified atom stereocenters. The lowest BCUT2D eigenvalue weighted by Crippen LogP contribution is -2.56. The van der Waals surface area contributed by atoms with Gasteiger partial charge < -0.3 is 10.6 Å². The maximum absolute atomic E-state index is 5.75. The van der Waals surface area contributed by atoms with Gasteiger partial charge in [-0.3, -0.25) is 0 Å². The topological polar surface area (TPSA) is 29.3 Å². The zero-order chi connectivity index (χ0) is 9.42. The molecule has 70 valence electrons. The average molecular weight is 176 g/mol. The second kappa shape index (κ2) is 3.04. The molecular formula is C11H16N2. The Balaban J connectivity index is 2.24. The summed E-state index contributed by atoms with van der Waals surface area (Å²) in [6.07, 6.45) is 0. The summed E-state index contributed by atoms with van der Waals surface area (Å²) < 4.78 is 0. The van der Waals surface area contributed by atoms with Crippen molar-refractivity contribution < 1.29 is 0 Å². The molecule has 0 spiro atoms. The number of rotatable bonds is 1. The number of benzene rings is 1. The van der Waals surface area contributed by atoms with E-state index >= 15 is 0 Å². The van der Waals surface area contributed by atoms with Crippen LogP contribution in [0.1, 0.15) is 11.1 Å². The molecule has 0 aromatic heterocycles. The molecule has 2 heteroatoms. The van der Waals surface area contributed by atoms with Crippen LogP contribution in [-0.4, -0.2) is 19.1 Å². The summed E-state index contributed by atoms with van der Waals surface area (Å²) in [7, 11) is 0. The highest BCUT2D eigenvalue weighted by molar-refractivity contribution is 5.57. The van der Waals surface area contributed by atoms with Crippen LogP contribution >= 0.6 is 0 Å². The van der Waals surface area contributed by atoms with Crippen LogP contribution in [0, 0.1) is 13.8 Å². The Morgan fingerprint density at radius 3 is 2.62 bits per heavy atom. The van der Waals surface area contributed by atoms with Crippen molar-refractivity contribution in [2.24, 2.45) is 5.73 Å². The summed E-state index contributed by atoms with van der Waals surface area (Å²) >= 11 is 0. The van der Waals surface area contributed by atoms with Gasteiger partial charge in [0.15, 0.2) is 0 Å². The minimum atomic E-state index is 0.375. The van der Waals surface area contributed by atoms with Gasteiger partial charge in [0.1, 0.15) is 0 Å². The van der Waals surface area contributed by atoms with Crippen LogP contribution in [0.5, 0.6) is 0 Å². The van der Waals surface area contributed by atoms with Crippen LogP contribution in [0.25, 0.3) is 0 Å². The predicted molar refractivity (Wildman–Crippen MR) is 56.1 cm³/mol. The quantitative estimate of drug-likeness (QED) is 0.701. The standard InChI is InChI=1S/C11H16N2/c1-8-3-4-9(2)11(5-8)13-6-10(12)7-13/h3-5,10H,6-7,12H2,1-2H3. The molecule has 1 saturated heterocycles. The molecule has 0 radical (unpaired) electrons. The molecule has 1 fully saturated rings. The van der Waals surface area contributed by atoms with E-state index in [0.29, 0.717) is 6.04 Å². The lowest BCUT2D eigenvalue weighted by molar-refractivity contribution is 0.518. The van der Waals surface area contributed by atoms with Crippen molar-refractivity contribution in [3.63, 3.8) is 0 Å². The third-order valence-corrected chi connectivity index (χ3v) is 2.62. The minimum Gasteiger partial charge on any atom is -0.368 e. The van der Waals surface area contributed by atoms with E-state index in [1.807, 2.05) is 0 Å². The number of hydrogen-bond donors (Lipinski definition) is 1. The monoisotopic (exact) mass is 176 g/mol. The second-order valence-corrected chi connectivity index (χ2v) is 3.96. The number of nitrogens with zero attached hydrogens (tertiary/aromatic N) is 1. The molecule has 2 nitrogen and oxygen atoms in total. The van der Waals surface area contributed by atoms with E-state index in [1.54, 1.807) is 0 Å². The van der Waals surface area contributed by atoms with Crippen molar-refractivity contribution in [3.05, 3.63) is 29.3 Å². The fraction of sp³-hybridized carbons (Fsp3) is 0.455. The smallest absolute Gasteiger partial charge is 0.0399 e. The fourth-order valence-electron chi connectivity index (χ4n) is 1.77. The zero-order valence-corrected chi connectivity index (χ0v) is 8.25. The predicted octanol–water partition coefficient (Wildman–Crippen LogP) is 1.45. The SMILES string of the molecule is Cc1ccc(C)c(N2CC(N)C2)c1. The molecule has 1 aromatic carbocycles. The van der Waals surface area contributed by atoms with Gasteiger partial charge in [-0.05, 0) is 31.0 Å². The van der Waals surface area contributed by atoms with E-state index in [2.05, 4.69) is 36.9 Å². The lowest BCUT2D eigenvalue weighted by Gasteiger charge is -2.39. The van der Waals surface area contributed by atoms with Gasteiger partial charge in [-0.15, -0.1) is 0 Å². The summed E-state index contributed by atoms with van der Waals surface area (Å²) in [6, 6.07) is 6.94. The maximum Gasteiger partial charge on any atom is 0.0399 e. The first-order chi connectivity index (χ1) is 6.16. The van der Waals surface area contributed by atoms with Gasteiger partial charge in [0.05, 0.1) is 0 Å². The van der Waals surface area contributed by atoms with E-state index in [4.69, 9.17) is 5.73 Å². The normalized spacial score (nSPS) is 17.3. The molecular weight excluding hydrogens is 160 g/mol. The van der Waals surface area contributed by atoms with Crippen molar-refractivity contribution in [3.8, 4) is 0 Å². The molecule has 2 N–H and O–H groups in total. The second-order valence-electron chi connectivity index (χ2n) is 3.96. The molecule has 1 aliphatic heterocycles. The van der Waals surface area contributed by atoms with Crippen molar-refractivity contribution in [1.82, 2.24) is 0 Å². The van der Waals surface area contributed by atoms with Gasteiger partial charge in [0, 0.05) is 24.8 Å². The van der Waals surface area contributed by atoms with Gasteiger partial charge >= 0.3 is 0 Å². The van der Waals surface area contributed by atoms with Crippen LogP contribution in [0.2, 0.25) is 0 Å². The molecule has 13 heavy (non-hydrogen) atoms. The molecule has 0 bridgehead atoms. The summed E-state index contributed by atoms with van der Waals surface area (Å²) in [4.78, 5) is 2.34. The first kappa shape index (κ1) is 8.57. The number of hydrogen-bond acceptors (Lipinski definition) is 2. The lowest BCUT2D eigenvalue weighted by atomic mass is 10.0. The molecule has 1 aliphatic rings. The Hall–Kier alpha value is -1.02. The van der Waals surface area contributed by atoms with Crippen LogP contribution in [0.4, 0.5) is 5.69 Å². The van der Waals surface area contributed by atoms with E-state index in [1.165, 1.54) is 16.8 Å². The van der Waals surface area contributed by atoms with E-state index < -0.39 is 0 Å². The largest absolute Gasteiger partial charge is 0.368 e. The Labute approximate surface area is 79.4 Å².